The van der Waals surface area contributed by atoms with Crippen molar-refractivity contribution in [1.29, 1.82) is 0 Å². The highest BCUT2D eigenvalue weighted by molar-refractivity contribution is 7.89. The second kappa shape index (κ2) is 7.85. The van der Waals surface area contributed by atoms with Gasteiger partial charge in [0.05, 0.1) is 0 Å². The molecule has 1 aliphatic carbocycles. The van der Waals surface area contributed by atoms with E-state index >= 15 is 0 Å². The fraction of sp³-hybridized carbons (Fsp3) is 0.500. The molecule has 0 unspecified atom stereocenters. The summed E-state index contributed by atoms with van der Waals surface area (Å²) in [6.07, 6.45) is 3.97. The van der Waals surface area contributed by atoms with Crippen molar-refractivity contribution in [3.63, 3.8) is 0 Å². The van der Waals surface area contributed by atoms with Crippen LogP contribution >= 0.6 is 0 Å². The van der Waals surface area contributed by atoms with E-state index in [-0.39, 0.29) is 12.6 Å². The summed E-state index contributed by atoms with van der Waals surface area (Å²) in [6.45, 7) is -0.0419. The Labute approximate surface area is 164 Å². The van der Waals surface area contributed by atoms with Crippen LogP contribution in [-0.2, 0) is 26.8 Å². The molecule has 0 N–H and O–H groups in total. The summed E-state index contributed by atoms with van der Waals surface area (Å²) in [5.74, 6) is -0.458. The van der Waals surface area contributed by atoms with Gasteiger partial charge in [0, 0.05) is 26.7 Å². The van der Waals surface area contributed by atoms with Gasteiger partial charge >= 0.3 is 10.2 Å². The van der Waals surface area contributed by atoms with E-state index in [0.29, 0.717) is 22.5 Å². The van der Waals surface area contributed by atoms with Gasteiger partial charge < -0.3 is 0 Å². The molecule has 3 rings (SSSR count). The Bertz CT molecular complexity index is 1050. The molecule has 0 spiro atoms. The van der Waals surface area contributed by atoms with Crippen LogP contribution in [0.2, 0.25) is 0 Å². The molecule has 1 saturated carbocycles. The summed E-state index contributed by atoms with van der Waals surface area (Å²) in [5.41, 5.74) is 0.496. The number of aromatic nitrogens is 3. The maximum atomic E-state index is 13.6. The minimum absolute atomic E-state index is 0.0419. The number of benzene rings is 1. The largest absolute Gasteiger partial charge is 0.323 e. The first-order valence-corrected chi connectivity index (χ1v) is 11.6. The Hall–Kier alpha value is -1.89. The van der Waals surface area contributed by atoms with Crippen LogP contribution in [0, 0.1) is 5.82 Å². The summed E-state index contributed by atoms with van der Waals surface area (Å²) in [5, 5.41) is 3.10. The first kappa shape index (κ1) is 20.8. The third-order valence-electron chi connectivity index (χ3n) is 4.65. The summed E-state index contributed by atoms with van der Waals surface area (Å²) in [7, 11) is -5.55. The predicted molar refractivity (Wildman–Crippen MR) is 99.4 cm³/mol. The molecule has 1 aromatic heterocycles. The first-order valence-electron chi connectivity index (χ1n) is 8.73. The van der Waals surface area contributed by atoms with E-state index in [9.17, 15) is 21.2 Å². The molecule has 0 radical (unpaired) electrons. The van der Waals surface area contributed by atoms with Gasteiger partial charge in [0.15, 0.2) is 0 Å². The smallest absolute Gasteiger partial charge is 0.207 e. The minimum atomic E-state index is -4.18. The minimum Gasteiger partial charge on any atom is -0.207 e. The third kappa shape index (κ3) is 4.09. The van der Waals surface area contributed by atoms with E-state index < -0.39 is 31.2 Å². The lowest BCUT2D eigenvalue weighted by Gasteiger charge is -2.26. The van der Waals surface area contributed by atoms with Gasteiger partial charge in [-0.1, -0.05) is 25.0 Å². The quantitative estimate of drug-likeness (QED) is 0.652. The lowest BCUT2D eigenvalue weighted by atomic mass is 10.2. The highest BCUT2D eigenvalue weighted by Crippen LogP contribution is 2.29. The number of sulfonamides is 1. The Morgan fingerprint density at radius 3 is 2.46 bits per heavy atom. The number of nitrogens with zero attached hydrogens (tertiary/aromatic N) is 5. The van der Waals surface area contributed by atoms with Crippen LogP contribution in [0.15, 0.2) is 35.7 Å². The number of rotatable bonds is 7. The molecule has 0 atom stereocenters. The van der Waals surface area contributed by atoms with E-state index in [1.165, 1.54) is 36.6 Å². The van der Waals surface area contributed by atoms with Gasteiger partial charge in [-0.15, -0.1) is 9.19 Å². The third-order valence-corrected chi connectivity index (χ3v) is 7.91. The lowest BCUT2D eigenvalue weighted by molar-refractivity contribution is 0.313. The molecule has 12 heteroatoms. The fourth-order valence-electron chi connectivity index (χ4n) is 3.15. The Balaban J connectivity index is 1.98. The van der Waals surface area contributed by atoms with Crippen molar-refractivity contribution in [1.82, 2.24) is 22.8 Å². The van der Waals surface area contributed by atoms with Crippen LogP contribution < -0.4 is 0 Å². The highest BCUT2D eigenvalue weighted by atomic mass is 32.2. The van der Waals surface area contributed by atoms with Crippen molar-refractivity contribution in [2.75, 3.05) is 14.1 Å². The molecule has 154 valence electrons. The zero-order valence-electron chi connectivity index (χ0n) is 15.6. The van der Waals surface area contributed by atoms with E-state index in [1.807, 2.05) is 0 Å². The summed E-state index contributed by atoms with van der Waals surface area (Å²) >= 11 is 0. The zero-order chi connectivity index (χ0) is 20.5. The van der Waals surface area contributed by atoms with E-state index in [4.69, 9.17) is 0 Å². The van der Waals surface area contributed by atoms with Crippen LogP contribution in [0.3, 0.4) is 0 Å². The van der Waals surface area contributed by atoms with Gasteiger partial charge in [-0.2, -0.15) is 17.0 Å². The normalized spacial score (nSPS) is 16.3. The standard InChI is InChI=1S/C16H22FN5O4S2/c1-20(2)28(25,26)22-12-18-16(19-22)27(23,24)21(15-8-3-4-9-15)11-13-6-5-7-14(17)10-13/h5-7,10,12,15H,3-4,8-9,11H2,1-2H3. The lowest BCUT2D eigenvalue weighted by Crippen LogP contribution is -2.39. The second-order valence-electron chi connectivity index (χ2n) is 6.81. The maximum Gasteiger partial charge on any atom is 0.323 e. The van der Waals surface area contributed by atoms with Crippen LogP contribution in [0.1, 0.15) is 31.2 Å². The van der Waals surface area contributed by atoms with Crippen molar-refractivity contribution < 1.29 is 21.2 Å². The Morgan fingerprint density at radius 2 is 1.86 bits per heavy atom. The average Bonchev–Trinajstić information content (AvgIpc) is 3.31. The molecule has 0 saturated heterocycles. The molecular formula is C16H22FN5O4S2. The summed E-state index contributed by atoms with van der Waals surface area (Å²) in [4.78, 5) is 3.73. The molecule has 0 aliphatic heterocycles. The SMILES string of the molecule is CN(C)S(=O)(=O)n1cnc(S(=O)(=O)N(Cc2cccc(F)c2)C2CCCC2)n1. The van der Waals surface area contributed by atoms with Gasteiger partial charge in [-0.3, -0.25) is 0 Å². The van der Waals surface area contributed by atoms with Crippen molar-refractivity contribution >= 4 is 20.2 Å². The van der Waals surface area contributed by atoms with Crippen molar-refractivity contribution in [3.8, 4) is 0 Å². The highest BCUT2D eigenvalue weighted by Gasteiger charge is 2.36. The van der Waals surface area contributed by atoms with E-state index in [2.05, 4.69) is 10.1 Å². The van der Waals surface area contributed by atoms with Gasteiger partial charge in [0.25, 0.3) is 15.2 Å². The molecule has 1 aromatic carbocycles. The number of hydrogen-bond donors (Lipinski definition) is 0. The maximum absolute atomic E-state index is 13.6. The van der Waals surface area contributed by atoms with Crippen molar-refractivity contribution in [2.24, 2.45) is 0 Å². The van der Waals surface area contributed by atoms with Crippen LogP contribution in [0.5, 0.6) is 0 Å². The molecule has 0 amide bonds. The van der Waals surface area contributed by atoms with E-state index in [1.54, 1.807) is 6.07 Å². The molecule has 9 nitrogen and oxygen atoms in total. The average molecular weight is 432 g/mol. The van der Waals surface area contributed by atoms with Crippen LogP contribution in [0.4, 0.5) is 4.39 Å². The summed E-state index contributed by atoms with van der Waals surface area (Å²) in [6, 6.07) is 5.45. The van der Waals surface area contributed by atoms with Gasteiger partial charge in [-0.25, -0.2) is 17.8 Å². The van der Waals surface area contributed by atoms with Crippen LogP contribution in [-0.4, -0.2) is 59.8 Å². The topological polar surface area (TPSA) is 105 Å². The number of hydrogen-bond acceptors (Lipinski definition) is 6. The molecular weight excluding hydrogens is 409 g/mol. The van der Waals surface area contributed by atoms with Gasteiger partial charge in [0.2, 0.25) is 0 Å². The molecule has 28 heavy (non-hydrogen) atoms. The van der Waals surface area contributed by atoms with Gasteiger partial charge in [0.1, 0.15) is 12.1 Å². The fourth-order valence-corrected chi connectivity index (χ4v) is 5.39. The zero-order valence-corrected chi connectivity index (χ0v) is 17.2. The predicted octanol–water partition coefficient (Wildman–Crippen LogP) is 1.21. The van der Waals surface area contributed by atoms with Crippen molar-refractivity contribution in [3.05, 3.63) is 42.0 Å². The monoisotopic (exact) mass is 431 g/mol. The molecule has 1 aliphatic rings. The van der Waals surface area contributed by atoms with E-state index in [0.717, 1.165) is 23.5 Å². The second-order valence-corrected chi connectivity index (χ2v) is 10.6. The molecule has 1 heterocycles. The molecule has 0 bridgehead atoms. The Kier molecular flexibility index (Phi) is 5.84. The molecule has 1 fully saturated rings. The number of halogens is 1. The van der Waals surface area contributed by atoms with Crippen LogP contribution in [0.25, 0.3) is 0 Å². The Morgan fingerprint density at radius 1 is 1.18 bits per heavy atom. The van der Waals surface area contributed by atoms with Crippen molar-refractivity contribution in [2.45, 2.75) is 43.4 Å². The molecule has 2 aromatic rings. The first-order chi connectivity index (χ1) is 13.1. The van der Waals surface area contributed by atoms with Gasteiger partial charge in [-0.05, 0) is 30.5 Å². The summed E-state index contributed by atoms with van der Waals surface area (Å²) < 4.78 is 67.0.